The van der Waals surface area contributed by atoms with Crippen LogP contribution in [-0.4, -0.2) is 56.4 Å². The third kappa shape index (κ3) is 4.22. The minimum absolute atomic E-state index is 0.470. The lowest BCUT2D eigenvalue weighted by Gasteiger charge is -2.21. The second-order valence-electron chi connectivity index (χ2n) is 11.6. The van der Waals surface area contributed by atoms with Gasteiger partial charge in [0.05, 0.1) is 0 Å². The van der Waals surface area contributed by atoms with Crippen molar-refractivity contribution in [3.63, 3.8) is 0 Å². The van der Waals surface area contributed by atoms with Gasteiger partial charge in [-0.1, -0.05) is 102 Å². The molecule has 1 aromatic heterocycles. The maximum absolute atomic E-state index is 9.71. The molecule has 3 nitrogen and oxygen atoms in total. The van der Waals surface area contributed by atoms with Crippen molar-refractivity contribution in [3.8, 4) is 33.6 Å². The van der Waals surface area contributed by atoms with Crippen molar-refractivity contribution in [1.29, 1.82) is 0 Å². The Hall–Kier alpha value is -4.31. The number of furan rings is 1. The van der Waals surface area contributed by atoms with Crippen molar-refractivity contribution in [2.24, 2.45) is 0 Å². The summed E-state index contributed by atoms with van der Waals surface area (Å²) in [6.45, 7) is 0. The molecule has 1 heterocycles. The van der Waals surface area contributed by atoms with Crippen LogP contribution in [-0.2, 0) is 0 Å². The van der Waals surface area contributed by atoms with Gasteiger partial charge in [0, 0.05) is 22.1 Å². The van der Waals surface area contributed by atoms with E-state index in [9.17, 15) is 10.0 Å². The van der Waals surface area contributed by atoms with Gasteiger partial charge in [0.2, 0.25) is 0 Å². The van der Waals surface area contributed by atoms with E-state index >= 15 is 0 Å². The first-order valence-corrected chi connectivity index (χ1v) is 14.8. The van der Waals surface area contributed by atoms with Crippen LogP contribution >= 0.6 is 0 Å². The predicted octanol–water partition coefficient (Wildman–Crippen LogP) is -1.29. The predicted molar refractivity (Wildman–Crippen MR) is 198 cm³/mol. The molecule has 0 amide bonds. The molecule has 0 unspecified atom stereocenters. The number of hydrogen-bond donors (Lipinski definition) is 2. The molecule has 43 heavy (non-hydrogen) atoms. The van der Waals surface area contributed by atoms with Gasteiger partial charge in [0.25, 0.3) is 0 Å². The summed E-state index contributed by atoms with van der Waals surface area (Å²) in [6, 6.07) is 33.1. The van der Waals surface area contributed by atoms with Crippen molar-refractivity contribution in [1.82, 2.24) is 0 Å². The first-order valence-electron chi connectivity index (χ1n) is 14.8. The Balaban J connectivity index is 1.66. The molecule has 9 heteroatoms. The van der Waals surface area contributed by atoms with Crippen LogP contribution in [0.3, 0.4) is 0 Å². The maximum Gasteiger partial charge on any atom is 0.488 e. The molecule has 0 bridgehead atoms. The molecule has 0 atom stereocenters. The minimum atomic E-state index is -1.50. The third-order valence-electron chi connectivity index (χ3n) is 9.50. The lowest BCUT2D eigenvalue weighted by atomic mass is 9.60. The van der Waals surface area contributed by atoms with E-state index in [-0.39, 0.29) is 0 Å². The second-order valence-corrected chi connectivity index (χ2v) is 11.6. The molecule has 7 aromatic rings. The summed E-state index contributed by atoms with van der Waals surface area (Å²) >= 11 is 0. The molecule has 2 N–H and O–H groups in total. The van der Waals surface area contributed by atoms with E-state index < -0.39 is 7.12 Å². The number of fused-ring (bicyclic) bond motifs is 3. The summed E-state index contributed by atoms with van der Waals surface area (Å²) < 4.78 is 6.85. The van der Waals surface area contributed by atoms with Crippen molar-refractivity contribution in [3.05, 3.63) is 97.1 Å². The van der Waals surface area contributed by atoms with Crippen molar-refractivity contribution >= 4 is 112 Å². The monoisotopic (exact) mass is 550 g/mol. The lowest BCUT2D eigenvalue weighted by molar-refractivity contribution is 0.426. The van der Waals surface area contributed by atoms with Gasteiger partial charge >= 0.3 is 7.12 Å². The minimum Gasteiger partial charge on any atom is -0.455 e. The van der Waals surface area contributed by atoms with Crippen molar-refractivity contribution < 1.29 is 14.5 Å². The Kier molecular flexibility index (Phi) is 6.69. The van der Waals surface area contributed by atoms with E-state index in [0.29, 0.717) is 5.46 Å². The highest BCUT2D eigenvalue weighted by Gasteiger charge is 2.26. The molecule has 6 aromatic carbocycles. The smallest absolute Gasteiger partial charge is 0.455 e. The molecular weight excluding hydrogens is 521 g/mol. The highest BCUT2D eigenvalue weighted by molar-refractivity contribution is 6.68. The van der Waals surface area contributed by atoms with Crippen LogP contribution in [0.15, 0.2) is 101 Å². The highest BCUT2D eigenvalue weighted by atomic mass is 16.4. The van der Waals surface area contributed by atoms with Crippen LogP contribution in [0.4, 0.5) is 0 Å². The summed E-state index contributed by atoms with van der Waals surface area (Å²) in [4.78, 5) is 0. The van der Waals surface area contributed by atoms with E-state index in [1.165, 1.54) is 32.9 Å². The van der Waals surface area contributed by atoms with Crippen LogP contribution in [0, 0.1) is 0 Å². The van der Waals surface area contributed by atoms with Gasteiger partial charge in [0.1, 0.15) is 50.6 Å². The topological polar surface area (TPSA) is 53.6 Å². The molecule has 0 aliphatic rings. The SMILES string of the molecule is Bc1c(B)c(B)c(-c2oc3ccccc3c2-c2c3ccccc3c(-c3ccc(B(O)O)cc3)c3ccccc23)c(B)c1B. The molecule has 7 rings (SSSR count). The molecule has 0 saturated heterocycles. The van der Waals surface area contributed by atoms with E-state index in [0.717, 1.165) is 60.5 Å². The zero-order valence-electron chi connectivity index (χ0n) is 25.1. The Morgan fingerprint density at radius 1 is 0.442 bits per heavy atom. The summed E-state index contributed by atoms with van der Waals surface area (Å²) in [7, 11) is 9.56. The van der Waals surface area contributed by atoms with Crippen LogP contribution in [0.25, 0.3) is 66.1 Å². The molecular formula is C34H28B6O3. The standard InChI is InChI=1S/C34H28B6O3/c35-29-28(30(36)32(38)33(39)31(29)37)34-27(23-11-5-6-12-24(23)43-34)26-21-9-3-1-7-19(21)25(20-8-2-4-10-22(20)26)17-13-15-18(16-14-17)40(41)42/h1-16,41-42H,35-39H2. The van der Waals surface area contributed by atoms with E-state index in [4.69, 9.17) is 4.42 Å². The molecule has 0 aliphatic heterocycles. The summed E-state index contributed by atoms with van der Waals surface area (Å²) in [5.74, 6) is 0.909. The molecule has 0 aliphatic carbocycles. The second kappa shape index (κ2) is 10.4. The van der Waals surface area contributed by atoms with E-state index in [1.807, 2.05) is 18.2 Å². The van der Waals surface area contributed by atoms with Crippen LogP contribution < -0.4 is 32.8 Å². The molecule has 0 spiro atoms. The number of para-hydroxylation sites is 1. The number of rotatable bonds is 4. The number of benzene rings is 6. The first kappa shape index (κ1) is 27.5. The quantitative estimate of drug-likeness (QED) is 0.213. The van der Waals surface area contributed by atoms with E-state index in [2.05, 4.69) is 106 Å². The van der Waals surface area contributed by atoms with Crippen molar-refractivity contribution in [2.45, 2.75) is 0 Å². The highest BCUT2D eigenvalue weighted by Crippen LogP contribution is 2.48. The van der Waals surface area contributed by atoms with Gasteiger partial charge in [-0.25, -0.2) is 0 Å². The Bertz CT molecular complexity index is 2140. The number of hydrogen-bond acceptors (Lipinski definition) is 3. The Morgan fingerprint density at radius 2 is 0.884 bits per heavy atom. The molecule has 0 radical (unpaired) electrons. The Labute approximate surface area is 256 Å². The van der Waals surface area contributed by atoms with Gasteiger partial charge in [-0.15, -0.1) is 16.4 Å². The maximum atomic E-state index is 9.71. The van der Waals surface area contributed by atoms with E-state index in [1.54, 1.807) is 12.1 Å². The van der Waals surface area contributed by atoms with Gasteiger partial charge in [0.15, 0.2) is 0 Å². The average Bonchev–Trinajstić information content (AvgIpc) is 3.40. The van der Waals surface area contributed by atoms with Crippen LogP contribution in [0.5, 0.6) is 0 Å². The molecule has 200 valence electrons. The summed E-state index contributed by atoms with van der Waals surface area (Å²) in [5.41, 5.74) is 13.4. The molecule has 0 fully saturated rings. The first-order chi connectivity index (χ1) is 20.8. The van der Waals surface area contributed by atoms with Gasteiger partial charge in [-0.05, 0) is 44.2 Å². The summed E-state index contributed by atoms with van der Waals surface area (Å²) in [6.07, 6.45) is 0. The molecule has 0 saturated carbocycles. The lowest BCUT2D eigenvalue weighted by Crippen LogP contribution is -2.55. The zero-order valence-corrected chi connectivity index (χ0v) is 25.1. The van der Waals surface area contributed by atoms with Crippen LogP contribution in [0.2, 0.25) is 0 Å². The zero-order chi connectivity index (χ0) is 30.0. The average molecular weight is 549 g/mol. The normalized spacial score (nSPS) is 11.5. The van der Waals surface area contributed by atoms with Gasteiger partial charge < -0.3 is 14.5 Å². The fourth-order valence-corrected chi connectivity index (χ4v) is 6.84. The van der Waals surface area contributed by atoms with Gasteiger partial charge in [-0.3, -0.25) is 0 Å². The largest absolute Gasteiger partial charge is 0.488 e. The fraction of sp³-hybridized carbons (Fsp3) is 0. The summed E-state index contributed by atoms with van der Waals surface area (Å²) in [5, 5.41) is 25.1. The third-order valence-corrected chi connectivity index (χ3v) is 9.50. The fourth-order valence-electron chi connectivity index (χ4n) is 6.84. The van der Waals surface area contributed by atoms with Gasteiger partial charge in [-0.2, -0.15) is 0 Å². The Morgan fingerprint density at radius 3 is 1.40 bits per heavy atom. The van der Waals surface area contributed by atoms with Crippen molar-refractivity contribution in [2.75, 3.05) is 0 Å². The van der Waals surface area contributed by atoms with Crippen LogP contribution in [0.1, 0.15) is 0 Å².